The van der Waals surface area contributed by atoms with Gasteiger partial charge in [0.15, 0.2) is 8.32 Å². The molecule has 0 N–H and O–H groups in total. The van der Waals surface area contributed by atoms with Gasteiger partial charge in [-0.15, -0.1) is 6.58 Å². The number of allylic oxidation sites excluding steroid dienone is 1. The molecule has 0 aliphatic rings. The molecule has 0 amide bonds. The lowest BCUT2D eigenvalue weighted by Crippen LogP contribution is -2.39. The highest BCUT2D eigenvalue weighted by Gasteiger charge is 2.30. The molecule has 0 aliphatic heterocycles. The van der Waals surface area contributed by atoms with E-state index in [1.807, 2.05) is 6.08 Å². The molecule has 0 fully saturated rings. The minimum atomic E-state index is -1.36. The summed E-state index contributed by atoms with van der Waals surface area (Å²) in [6.45, 7) is 12.8. The number of hydrogen-bond donors (Lipinski definition) is 0. The van der Waals surface area contributed by atoms with Crippen LogP contribution in [0.25, 0.3) is 0 Å². The van der Waals surface area contributed by atoms with Gasteiger partial charge in [-0.1, -0.05) is 26.8 Å². The van der Waals surface area contributed by atoms with Crippen LogP contribution in [0.2, 0.25) is 18.1 Å². The second-order valence-corrected chi connectivity index (χ2v) is 8.76. The highest BCUT2D eigenvalue weighted by molar-refractivity contribution is 6.73. The van der Waals surface area contributed by atoms with Gasteiger partial charge in [0.2, 0.25) is 0 Å². The van der Waals surface area contributed by atoms with E-state index in [-0.39, 0.29) is 0 Å². The van der Waals surface area contributed by atoms with Crippen molar-refractivity contribution in [3.05, 3.63) is 12.7 Å². The summed E-state index contributed by atoms with van der Waals surface area (Å²) in [6, 6.07) is 3.75. The van der Waals surface area contributed by atoms with Crippen LogP contribution in [0.15, 0.2) is 12.7 Å². The van der Waals surface area contributed by atoms with Crippen LogP contribution in [-0.2, 0) is 4.43 Å². The van der Waals surface area contributed by atoms with Crippen LogP contribution in [-0.4, -0.2) is 14.4 Å². The van der Waals surface area contributed by atoms with Crippen LogP contribution in [0, 0.1) is 0 Å². The van der Waals surface area contributed by atoms with E-state index in [0.717, 1.165) is 12.8 Å². The molecular formula is C12H26OSi. The molecule has 1 nitrogen and oxygen atoms in total. The van der Waals surface area contributed by atoms with Crippen molar-refractivity contribution in [1.82, 2.24) is 0 Å². The minimum Gasteiger partial charge on any atom is -0.414 e. The van der Waals surface area contributed by atoms with Gasteiger partial charge in [0.1, 0.15) is 0 Å². The Hall–Kier alpha value is -0.0831. The quantitative estimate of drug-likeness (QED) is 0.431. The van der Waals surface area contributed by atoms with Crippen LogP contribution in [0.4, 0.5) is 0 Å². The summed E-state index contributed by atoms with van der Waals surface area (Å²) in [5.41, 5.74) is 0. The topological polar surface area (TPSA) is 9.23 Å². The van der Waals surface area contributed by atoms with Crippen molar-refractivity contribution in [1.29, 1.82) is 0 Å². The lowest BCUT2D eigenvalue weighted by molar-refractivity contribution is 0.197. The lowest BCUT2D eigenvalue weighted by atomic mass is 10.2. The monoisotopic (exact) mass is 214 g/mol. The summed E-state index contributed by atoms with van der Waals surface area (Å²) >= 11 is 0. The maximum Gasteiger partial charge on any atom is 0.192 e. The van der Waals surface area contributed by atoms with Crippen LogP contribution in [0.5, 0.6) is 0 Å². The Bertz CT molecular complexity index is 144. The van der Waals surface area contributed by atoms with Gasteiger partial charge in [-0.2, -0.15) is 0 Å². The highest BCUT2D eigenvalue weighted by Crippen LogP contribution is 2.24. The Morgan fingerprint density at radius 1 is 1.21 bits per heavy atom. The second-order valence-electron chi connectivity index (χ2n) is 4.04. The fourth-order valence-corrected chi connectivity index (χ4v) is 4.81. The first-order valence-corrected chi connectivity index (χ1v) is 8.45. The fourth-order valence-electron chi connectivity index (χ4n) is 1.84. The van der Waals surface area contributed by atoms with E-state index < -0.39 is 8.32 Å². The van der Waals surface area contributed by atoms with Crippen molar-refractivity contribution in [2.24, 2.45) is 0 Å². The van der Waals surface area contributed by atoms with Crippen molar-refractivity contribution < 1.29 is 4.43 Å². The lowest BCUT2D eigenvalue weighted by Gasteiger charge is -2.31. The molecule has 1 atom stereocenters. The molecule has 0 rings (SSSR count). The average Bonchev–Trinajstić information content (AvgIpc) is 2.23. The molecule has 0 bridgehead atoms. The standard InChI is InChI=1S/C12H26OSi/c1-6-10-11-12(5)13-14(7-2,8-3)9-4/h6,12H,1,7-11H2,2-5H3. The number of hydrogen-bond acceptors (Lipinski definition) is 1. The molecule has 0 radical (unpaired) electrons. The third-order valence-electron chi connectivity index (χ3n) is 3.16. The van der Waals surface area contributed by atoms with Crippen LogP contribution >= 0.6 is 0 Å². The summed E-state index contributed by atoms with van der Waals surface area (Å²) in [5.74, 6) is 0. The second kappa shape index (κ2) is 7.24. The molecule has 0 spiro atoms. The molecule has 0 aromatic rings. The van der Waals surface area contributed by atoms with Gasteiger partial charge < -0.3 is 4.43 Å². The van der Waals surface area contributed by atoms with Gasteiger partial charge in [-0.25, -0.2) is 0 Å². The molecule has 1 unspecified atom stereocenters. The SMILES string of the molecule is C=CCCC(C)O[Si](CC)(CC)CC. The third kappa shape index (κ3) is 4.42. The molecule has 0 aromatic heterocycles. The Morgan fingerprint density at radius 3 is 2.07 bits per heavy atom. The Morgan fingerprint density at radius 2 is 1.71 bits per heavy atom. The van der Waals surface area contributed by atoms with Gasteiger partial charge >= 0.3 is 0 Å². The molecule has 0 aromatic carbocycles. The fraction of sp³-hybridized carbons (Fsp3) is 0.833. The first kappa shape index (κ1) is 13.9. The maximum atomic E-state index is 6.28. The normalized spacial score (nSPS) is 14.0. The van der Waals surface area contributed by atoms with Crippen molar-refractivity contribution in [2.45, 2.75) is 64.8 Å². The van der Waals surface area contributed by atoms with Crippen molar-refractivity contribution in [3.63, 3.8) is 0 Å². The first-order chi connectivity index (χ1) is 6.64. The van der Waals surface area contributed by atoms with Gasteiger partial charge in [-0.3, -0.25) is 0 Å². The van der Waals surface area contributed by atoms with E-state index in [0.29, 0.717) is 6.10 Å². The van der Waals surface area contributed by atoms with Gasteiger partial charge in [0.25, 0.3) is 0 Å². The summed E-state index contributed by atoms with van der Waals surface area (Å²) < 4.78 is 6.28. The van der Waals surface area contributed by atoms with E-state index >= 15 is 0 Å². The zero-order valence-corrected chi connectivity index (χ0v) is 11.3. The Kier molecular flexibility index (Phi) is 7.20. The minimum absolute atomic E-state index is 0.416. The van der Waals surface area contributed by atoms with E-state index in [9.17, 15) is 0 Å². The highest BCUT2D eigenvalue weighted by atomic mass is 28.4. The smallest absolute Gasteiger partial charge is 0.192 e. The first-order valence-electron chi connectivity index (χ1n) is 5.92. The van der Waals surface area contributed by atoms with E-state index in [1.54, 1.807) is 0 Å². The molecule has 14 heavy (non-hydrogen) atoms. The Balaban J connectivity index is 4.07. The zero-order chi connectivity index (χ0) is 11.0. The van der Waals surface area contributed by atoms with E-state index in [1.165, 1.54) is 18.1 Å². The van der Waals surface area contributed by atoms with Gasteiger partial charge in [0.05, 0.1) is 0 Å². The number of rotatable bonds is 8. The molecule has 84 valence electrons. The van der Waals surface area contributed by atoms with Crippen LogP contribution < -0.4 is 0 Å². The van der Waals surface area contributed by atoms with E-state index in [2.05, 4.69) is 34.3 Å². The molecule has 2 heteroatoms. The predicted molar refractivity (Wildman–Crippen MR) is 67.2 cm³/mol. The summed E-state index contributed by atoms with van der Waals surface area (Å²) in [6.07, 6.45) is 4.59. The molecule has 0 saturated carbocycles. The summed E-state index contributed by atoms with van der Waals surface area (Å²) in [5, 5.41) is 0. The predicted octanol–water partition coefficient (Wildman–Crippen LogP) is 4.36. The Labute approximate surface area is 90.7 Å². The summed E-state index contributed by atoms with van der Waals surface area (Å²) in [4.78, 5) is 0. The van der Waals surface area contributed by atoms with Gasteiger partial charge in [0, 0.05) is 6.10 Å². The third-order valence-corrected chi connectivity index (χ3v) is 7.93. The summed E-state index contributed by atoms with van der Waals surface area (Å²) in [7, 11) is -1.36. The largest absolute Gasteiger partial charge is 0.414 e. The van der Waals surface area contributed by atoms with Crippen molar-refractivity contribution in [3.8, 4) is 0 Å². The maximum absolute atomic E-state index is 6.28. The zero-order valence-electron chi connectivity index (χ0n) is 10.3. The van der Waals surface area contributed by atoms with Crippen LogP contribution in [0.1, 0.15) is 40.5 Å². The van der Waals surface area contributed by atoms with Gasteiger partial charge in [-0.05, 0) is 37.9 Å². The van der Waals surface area contributed by atoms with Crippen LogP contribution in [0.3, 0.4) is 0 Å². The molecule has 0 aliphatic carbocycles. The molecular weight excluding hydrogens is 188 g/mol. The average molecular weight is 214 g/mol. The molecule has 0 saturated heterocycles. The van der Waals surface area contributed by atoms with E-state index in [4.69, 9.17) is 4.43 Å². The van der Waals surface area contributed by atoms with Crippen molar-refractivity contribution in [2.75, 3.05) is 0 Å². The molecule has 0 heterocycles. The van der Waals surface area contributed by atoms with Crippen molar-refractivity contribution >= 4 is 8.32 Å².